The third-order valence-corrected chi connectivity index (χ3v) is 5.00. The highest BCUT2D eigenvalue weighted by molar-refractivity contribution is 7.17. The largest absolute Gasteiger partial charge is 0.321 e. The Morgan fingerprint density at radius 1 is 1.12 bits per heavy atom. The van der Waals surface area contributed by atoms with Crippen molar-refractivity contribution < 1.29 is 4.79 Å². The first-order valence-electron chi connectivity index (χ1n) is 7.68. The van der Waals surface area contributed by atoms with E-state index in [4.69, 9.17) is 11.6 Å². The number of hydrogen-bond acceptors (Lipinski definition) is 5. The van der Waals surface area contributed by atoms with Gasteiger partial charge in [0.05, 0.1) is 16.9 Å². The molecule has 0 fully saturated rings. The van der Waals surface area contributed by atoms with Crippen LogP contribution in [0.5, 0.6) is 0 Å². The van der Waals surface area contributed by atoms with Crippen LogP contribution in [0.3, 0.4) is 0 Å². The number of nitrogens with one attached hydrogen (secondary N) is 1. The molecule has 0 spiro atoms. The molecular weight excluding hydrogens is 370 g/mol. The van der Waals surface area contributed by atoms with E-state index in [1.165, 1.54) is 17.7 Å². The van der Waals surface area contributed by atoms with Crippen molar-refractivity contribution in [2.24, 2.45) is 0 Å². The molecule has 0 unspecified atom stereocenters. The van der Waals surface area contributed by atoms with Gasteiger partial charge in [-0.05, 0) is 30.3 Å². The number of aromatic nitrogens is 4. The summed E-state index contributed by atoms with van der Waals surface area (Å²) < 4.78 is 1.64. The minimum absolute atomic E-state index is 0.214. The molecule has 0 aliphatic heterocycles. The third-order valence-electron chi connectivity index (χ3n) is 3.64. The van der Waals surface area contributed by atoms with E-state index in [0.717, 1.165) is 11.3 Å². The zero-order valence-corrected chi connectivity index (χ0v) is 14.9. The molecule has 26 heavy (non-hydrogen) atoms. The molecule has 4 rings (SSSR count). The van der Waals surface area contributed by atoms with Crippen LogP contribution in [0.1, 0.15) is 9.67 Å². The average molecular weight is 382 g/mol. The van der Waals surface area contributed by atoms with E-state index in [9.17, 15) is 4.79 Å². The summed E-state index contributed by atoms with van der Waals surface area (Å²) in [5, 5.41) is 8.25. The Hall–Kier alpha value is -3.03. The van der Waals surface area contributed by atoms with Gasteiger partial charge in [0, 0.05) is 11.3 Å². The van der Waals surface area contributed by atoms with Crippen molar-refractivity contribution in [1.29, 1.82) is 0 Å². The molecule has 1 N–H and O–H groups in total. The lowest BCUT2D eigenvalue weighted by Crippen LogP contribution is -2.10. The van der Waals surface area contributed by atoms with Gasteiger partial charge in [-0.1, -0.05) is 29.8 Å². The highest BCUT2D eigenvalue weighted by Crippen LogP contribution is 2.31. The normalized spacial score (nSPS) is 10.7. The van der Waals surface area contributed by atoms with Crippen LogP contribution < -0.4 is 5.32 Å². The number of thiazole rings is 1. The summed E-state index contributed by atoms with van der Waals surface area (Å²) in [5.41, 5.74) is 2.36. The molecule has 128 valence electrons. The van der Waals surface area contributed by atoms with Gasteiger partial charge in [0.2, 0.25) is 0 Å². The van der Waals surface area contributed by atoms with Crippen LogP contribution in [-0.2, 0) is 0 Å². The molecule has 0 saturated heterocycles. The van der Waals surface area contributed by atoms with Crippen LogP contribution in [0.2, 0.25) is 5.02 Å². The van der Waals surface area contributed by atoms with Gasteiger partial charge in [-0.25, -0.2) is 14.6 Å². The van der Waals surface area contributed by atoms with Crippen molar-refractivity contribution in [2.75, 3.05) is 5.32 Å². The maximum Gasteiger partial charge on any atom is 0.267 e. The van der Waals surface area contributed by atoms with Crippen molar-refractivity contribution >= 4 is 34.5 Å². The van der Waals surface area contributed by atoms with E-state index >= 15 is 0 Å². The number of carbonyl (C=O) groups excluding carboxylic acids is 1. The van der Waals surface area contributed by atoms with Crippen LogP contribution in [0.25, 0.3) is 16.3 Å². The maximum absolute atomic E-state index is 12.5. The zero-order chi connectivity index (χ0) is 17.9. The Balaban J connectivity index is 1.49. The topological polar surface area (TPSA) is 72.7 Å². The fraction of sp³-hybridized carbons (Fsp3) is 0. The number of benzene rings is 2. The summed E-state index contributed by atoms with van der Waals surface area (Å²) in [6.45, 7) is 0. The van der Waals surface area contributed by atoms with Crippen LogP contribution in [0.15, 0.2) is 67.4 Å². The molecule has 2 aromatic carbocycles. The van der Waals surface area contributed by atoms with Gasteiger partial charge < -0.3 is 5.32 Å². The summed E-state index contributed by atoms with van der Waals surface area (Å²) in [7, 11) is 0. The lowest BCUT2D eigenvalue weighted by atomic mass is 10.2. The number of carbonyl (C=O) groups is 1. The minimum atomic E-state index is -0.214. The van der Waals surface area contributed by atoms with Crippen molar-refractivity contribution in [1.82, 2.24) is 19.7 Å². The standard InChI is InChI=1S/C18H12ClN5OS/c19-15-4-2-1-3-14(15)18-21-9-16(26-18)17(25)23-12-5-7-13(8-6-12)24-11-20-10-22-24/h1-11H,(H,23,25). The molecular formula is C18H12ClN5OS. The van der Waals surface area contributed by atoms with Gasteiger partial charge in [-0.15, -0.1) is 11.3 Å². The zero-order valence-electron chi connectivity index (χ0n) is 13.3. The second-order valence-electron chi connectivity index (χ2n) is 5.35. The first-order chi connectivity index (χ1) is 12.7. The molecule has 0 aliphatic carbocycles. The monoisotopic (exact) mass is 381 g/mol. The van der Waals surface area contributed by atoms with Gasteiger partial charge in [0.15, 0.2) is 0 Å². The Bertz CT molecular complexity index is 1040. The van der Waals surface area contributed by atoms with Crippen LogP contribution in [0, 0.1) is 0 Å². The van der Waals surface area contributed by atoms with E-state index in [0.29, 0.717) is 20.6 Å². The molecule has 6 nitrogen and oxygen atoms in total. The van der Waals surface area contributed by atoms with Crippen LogP contribution in [-0.4, -0.2) is 25.7 Å². The van der Waals surface area contributed by atoms with Crippen LogP contribution in [0.4, 0.5) is 5.69 Å². The molecule has 0 radical (unpaired) electrons. The molecule has 8 heteroatoms. The summed E-state index contributed by atoms with van der Waals surface area (Å²) in [5.74, 6) is -0.214. The number of rotatable bonds is 4. The molecule has 1 amide bonds. The van der Waals surface area contributed by atoms with Gasteiger partial charge in [-0.2, -0.15) is 5.10 Å². The Morgan fingerprint density at radius 3 is 2.65 bits per heavy atom. The lowest BCUT2D eigenvalue weighted by Gasteiger charge is -2.05. The smallest absolute Gasteiger partial charge is 0.267 e. The number of hydrogen-bond donors (Lipinski definition) is 1. The predicted molar refractivity (Wildman–Crippen MR) is 102 cm³/mol. The Kier molecular flexibility index (Phi) is 4.47. The highest BCUT2D eigenvalue weighted by atomic mass is 35.5. The Labute approximate surface area is 158 Å². The second kappa shape index (κ2) is 7.07. The molecule has 2 aromatic heterocycles. The molecule has 4 aromatic rings. The van der Waals surface area contributed by atoms with Crippen molar-refractivity contribution in [3.8, 4) is 16.3 Å². The van der Waals surface area contributed by atoms with Crippen molar-refractivity contribution in [2.45, 2.75) is 0 Å². The quantitative estimate of drug-likeness (QED) is 0.572. The van der Waals surface area contributed by atoms with Gasteiger partial charge in [0.25, 0.3) is 5.91 Å². The van der Waals surface area contributed by atoms with E-state index in [1.54, 1.807) is 23.3 Å². The molecule has 0 aliphatic rings. The molecule has 0 saturated carbocycles. The van der Waals surface area contributed by atoms with Crippen LogP contribution >= 0.6 is 22.9 Å². The Morgan fingerprint density at radius 2 is 1.92 bits per heavy atom. The second-order valence-corrected chi connectivity index (χ2v) is 6.79. The summed E-state index contributed by atoms with van der Waals surface area (Å²) in [4.78, 5) is 21.2. The lowest BCUT2D eigenvalue weighted by molar-refractivity contribution is 0.103. The van der Waals surface area contributed by atoms with E-state index < -0.39 is 0 Å². The first-order valence-corrected chi connectivity index (χ1v) is 8.87. The van der Waals surface area contributed by atoms with Crippen molar-refractivity contribution in [3.05, 3.63) is 77.3 Å². The fourth-order valence-electron chi connectivity index (χ4n) is 2.37. The molecule has 2 heterocycles. The maximum atomic E-state index is 12.5. The summed E-state index contributed by atoms with van der Waals surface area (Å²) in [6, 6.07) is 14.8. The number of halogens is 1. The summed E-state index contributed by atoms with van der Waals surface area (Å²) in [6.07, 6.45) is 4.64. The highest BCUT2D eigenvalue weighted by Gasteiger charge is 2.13. The van der Waals surface area contributed by atoms with Gasteiger partial charge >= 0.3 is 0 Å². The molecule has 0 bridgehead atoms. The number of nitrogens with zero attached hydrogens (tertiary/aromatic N) is 4. The predicted octanol–water partition coefficient (Wildman–Crippen LogP) is 4.30. The SMILES string of the molecule is O=C(Nc1ccc(-n2cncn2)cc1)c1cnc(-c2ccccc2Cl)s1. The fourth-order valence-corrected chi connectivity index (χ4v) is 3.50. The third kappa shape index (κ3) is 3.35. The average Bonchev–Trinajstić information content (AvgIpc) is 3.35. The van der Waals surface area contributed by atoms with E-state index in [2.05, 4.69) is 20.4 Å². The van der Waals surface area contributed by atoms with E-state index in [-0.39, 0.29) is 5.91 Å². The number of anilines is 1. The summed E-state index contributed by atoms with van der Waals surface area (Å²) >= 11 is 7.49. The first kappa shape index (κ1) is 16.4. The minimum Gasteiger partial charge on any atom is -0.321 e. The number of amides is 1. The van der Waals surface area contributed by atoms with E-state index in [1.807, 2.05) is 42.5 Å². The molecule has 0 atom stereocenters. The van der Waals surface area contributed by atoms with Crippen molar-refractivity contribution in [3.63, 3.8) is 0 Å². The van der Waals surface area contributed by atoms with Gasteiger partial charge in [-0.3, -0.25) is 4.79 Å². The van der Waals surface area contributed by atoms with Gasteiger partial charge in [0.1, 0.15) is 22.5 Å².